The number of nitrogens with one attached hydrogen (secondary N) is 2. The third-order valence-electron chi connectivity index (χ3n) is 11.5. The quantitative estimate of drug-likeness (QED) is 0.209. The summed E-state index contributed by atoms with van der Waals surface area (Å²) in [6, 6.07) is 0. The van der Waals surface area contributed by atoms with Gasteiger partial charge in [0.1, 0.15) is 0 Å². The van der Waals surface area contributed by atoms with Crippen LogP contribution in [-0.2, 0) is 0 Å². The predicted octanol–water partition coefficient (Wildman–Crippen LogP) is 5.50. The number of rotatable bonds is 7. The first-order valence-corrected chi connectivity index (χ1v) is 14.8. The van der Waals surface area contributed by atoms with Gasteiger partial charge in [-0.1, -0.05) is 53.9 Å². The van der Waals surface area contributed by atoms with Crippen LogP contribution in [0.15, 0.2) is 5.10 Å². The van der Waals surface area contributed by atoms with Crippen LogP contribution < -0.4 is 10.7 Å². The van der Waals surface area contributed by atoms with Crippen molar-refractivity contribution in [2.45, 2.75) is 111 Å². The fourth-order valence-electron chi connectivity index (χ4n) is 9.64. The van der Waals surface area contributed by atoms with Crippen LogP contribution in [0.4, 0.5) is 0 Å². The number of fused-ring (bicyclic) bond motifs is 5. The van der Waals surface area contributed by atoms with Crippen LogP contribution in [0.25, 0.3) is 0 Å². The van der Waals surface area contributed by atoms with Crippen molar-refractivity contribution in [3.63, 3.8) is 0 Å². The van der Waals surface area contributed by atoms with Crippen molar-refractivity contribution in [2.75, 3.05) is 7.05 Å². The van der Waals surface area contributed by atoms with E-state index in [9.17, 15) is 10.2 Å². The molecule has 0 saturated heterocycles. The molecule has 4 aliphatic rings. The lowest BCUT2D eigenvalue weighted by Crippen LogP contribution is -2.54. The summed E-state index contributed by atoms with van der Waals surface area (Å²) >= 11 is 5.24. The monoisotopic (exact) mass is 505 g/mol. The maximum atomic E-state index is 12.4. The van der Waals surface area contributed by atoms with E-state index in [0.717, 1.165) is 30.6 Å². The van der Waals surface area contributed by atoms with Crippen molar-refractivity contribution < 1.29 is 10.2 Å². The van der Waals surface area contributed by atoms with Gasteiger partial charge in [-0.3, -0.25) is 5.43 Å². The molecule has 4 saturated carbocycles. The molecule has 0 radical (unpaired) electrons. The minimum Gasteiger partial charge on any atom is -0.393 e. The number of nitrogens with zero attached hydrogens (tertiary/aromatic N) is 1. The molecule has 6 heteroatoms. The summed E-state index contributed by atoms with van der Waals surface area (Å²) in [5, 5.41) is 31.0. The Morgan fingerprint density at radius 1 is 1.09 bits per heavy atom. The van der Waals surface area contributed by atoms with E-state index in [2.05, 4.69) is 50.5 Å². The second-order valence-corrected chi connectivity index (χ2v) is 14.0. The topological polar surface area (TPSA) is 76.9 Å². The zero-order valence-corrected chi connectivity index (χ0v) is 23.8. The number of aliphatic hydroxyl groups excluding tert-OH is 1. The van der Waals surface area contributed by atoms with E-state index in [1.165, 1.54) is 44.9 Å². The van der Waals surface area contributed by atoms with Crippen LogP contribution in [0.2, 0.25) is 0 Å². The van der Waals surface area contributed by atoms with Crippen LogP contribution >= 0.6 is 12.2 Å². The molecule has 0 unspecified atom stereocenters. The van der Waals surface area contributed by atoms with Crippen LogP contribution in [-0.4, -0.2) is 40.3 Å². The van der Waals surface area contributed by atoms with Gasteiger partial charge in [0, 0.05) is 31.0 Å². The highest BCUT2D eigenvalue weighted by Crippen LogP contribution is 2.72. The van der Waals surface area contributed by atoms with E-state index in [1.807, 2.05) is 6.21 Å². The zero-order valence-electron chi connectivity index (χ0n) is 23.0. The molecule has 0 aromatic heterocycles. The van der Waals surface area contributed by atoms with Gasteiger partial charge in [-0.25, -0.2) is 0 Å². The highest BCUT2D eigenvalue weighted by molar-refractivity contribution is 7.80. The summed E-state index contributed by atoms with van der Waals surface area (Å²) in [6.45, 7) is 12.1. The molecule has 0 spiro atoms. The van der Waals surface area contributed by atoms with Gasteiger partial charge in [0.25, 0.3) is 0 Å². The van der Waals surface area contributed by atoms with Crippen molar-refractivity contribution >= 4 is 23.5 Å². The third-order valence-corrected chi connectivity index (χ3v) is 11.8. The van der Waals surface area contributed by atoms with Crippen molar-refractivity contribution in [2.24, 2.45) is 57.4 Å². The fraction of sp³-hybridized carbons (Fsp3) is 0.931. The zero-order chi connectivity index (χ0) is 25.6. The minimum atomic E-state index is -0.918. The van der Waals surface area contributed by atoms with Gasteiger partial charge in [0.2, 0.25) is 0 Å². The summed E-state index contributed by atoms with van der Waals surface area (Å²) < 4.78 is 0. The van der Waals surface area contributed by atoms with Gasteiger partial charge in [-0.2, -0.15) is 5.10 Å². The molecule has 0 amide bonds. The smallest absolute Gasteiger partial charge is 0.186 e. The predicted molar refractivity (Wildman–Crippen MR) is 148 cm³/mol. The normalized spacial score (nSPS) is 45.7. The molecule has 10 atom stereocenters. The Morgan fingerprint density at radius 2 is 1.83 bits per heavy atom. The average Bonchev–Trinajstić information content (AvgIpc) is 3.23. The van der Waals surface area contributed by atoms with Gasteiger partial charge in [-0.05, 0) is 91.7 Å². The molecule has 0 bridgehead atoms. The maximum absolute atomic E-state index is 12.4. The fourth-order valence-corrected chi connectivity index (χ4v) is 9.69. The van der Waals surface area contributed by atoms with E-state index < -0.39 is 11.7 Å². The van der Waals surface area contributed by atoms with Crippen molar-refractivity contribution in [1.82, 2.24) is 10.7 Å². The number of hydrogen-bond acceptors (Lipinski definition) is 4. The summed E-state index contributed by atoms with van der Waals surface area (Å²) in [6.07, 6.45) is 12.7. The Hall–Kier alpha value is -0.720. The Balaban J connectivity index is 1.63. The maximum Gasteiger partial charge on any atom is 0.186 e. The molecule has 4 fully saturated rings. The number of thiocarbonyl (C=S) groups is 1. The third kappa shape index (κ3) is 4.58. The van der Waals surface area contributed by atoms with Crippen LogP contribution in [0.1, 0.15) is 98.8 Å². The molecular weight excluding hydrogens is 454 g/mol. The molecule has 0 heterocycles. The average molecular weight is 506 g/mol. The Labute approximate surface area is 219 Å². The van der Waals surface area contributed by atoms with Gasteiger partial charge >= 0.3 is 0 Å². The first-order chi connectivity index (χ1) is 16.5. The Kier molecular flexibility index (Phi) is 7.97. The summed E-state index contributed by atoms with van der Waals surface area (Å²) in [5.74, 6) is 3.76. The molecule has 0 aliphatic heterocycles. The van der Waals surface area contributed by atoms with Crippen LogP contribution in [0.5, 0.6) is 0 Å². The highest BCUT2D eigenvalue weighted by atomic mass is 32.1. The molecule has 200 valence electrons. The Bertz CT molecular complexity index is 805. The van der Waals surface area contributed by atoms with Crippen LogP contribution in [0, 0.1) is 52.3 Å². The van der Waals surface area contributed by atoms with Crippen molar-refractivity contribution in [3.8, 4) is 0 Å². The van der Waals surface area contributed by atoms with E-state index in [4.69, 9.17) is 12.2 Å². The van der Waals surface area contributed by atoms with Gasteiger partial charge < -0.3 is 15.5 Å². The number of hydrazone groups is 1. The first kappa shape index (κ1) is 27.3. The second kappa shape index (κ2) is 10.2. The molecule has 4 rings (SSSR count). The summed E-state index contributed by atoms with van der Waals surface area (Å²) in [4.78, 5) is 0. The molecule has 0 aromatic rings. The minimum absolute atomic E-state index is 0.0563. The van der Waals surface area contributed by atoms with Gasteiger partial charge in [0.05, 0.1) is 11.7 Å². The van der Waals surface area contributed by atoms with E-state index in [-0.39, 0.29) is 11.3 Å². The summed E-state index contributed by atoms with van der Waals surface area (Å²) in [7, 11) is 1.78. The lowest BCUT2D eigenvalue weighted by atomic mass is 9.53. The second-order valence-electron chi connectivity index (χ2n) is 13.6. The van der Waals surface area contributed by atoms with E-state index in [1.54, 1.807) is 7.05 Å². The van der Waals surface area contributed by atoms with Crippen LogP contribution in [0.3, 0.4) is 0 Å². The van der Waals surface area contributed by atoms with E-state index >= 15 is 0 Å². The molecule has 0 aromatic carbocycles. The molecule has 4 N–H and O–H groups in total. The van der Waals surface area contributed by atoms with Crippen molar-refractivity contribution in [1.29, 1.82) is 0 Å². The molecule has 4 aliphatic carbocycles. The van der Waals surface area contributed by atoms with Gasteiger partial charge in [0.15, 0.2) is 5.11 Å². The number of hydrogen-bond donors (Lipinski definition) is 4. The SMILES string of the molecule is CNC(=S)N/N=C/[C@@H]1[C@H]2[C@@H]3CC[C@H]([C@H](C)CCCC(C)C)[C@@]3(C)CC[C@@H]2[C@@]2(C)CC[C@H](O)C[C@@]12O. The first-order valence-electron chi connectivity index (χ1n) is 14.4. The standard InChI is InChI=1S/C29H51N3O2S/c1-18(2)8-7-9-19(3)21-10-11-22-25-23(13-14-27(21,22)4)28(5)15-12-20(33)16-29(28,34)24(25)17-31-32-26(35)30-6/h17-25,33-34H,7-16H2,1-6H3,(H2,30,32,35)/b31-17+/t19-,20+,21-,22+,23+,24-,25+,27-,28-,29-/m1/s1. The lowest BCUT2D eigenvalue weighted by molar-refractivity contribution is -0.141. The molecule has 5 nitrogen and oxygen atoms in total. The van der Waals surface area contributed by atoms with Gasteiger partial charge in [-0.15, -0.1) is 0 Å². The number of aliphatic hydroxyl groups is 2. The largest absolute Gasteiger partial charge is 0.393 e. The highest BCUT2D eigenvalue weighted by Gasteiger charge is 2.71. The molecule has 35 heavy (non-hydrogen) atoms. The Morgan fingerprint density at radius 3 is 2.51 bits per heavy atom. The van der Waals surface area contributed by atoms with E-state index in [0.29, 0.717) is 34.7 Å². The molecular formula is C29H51N3O2S. The van der Waals surface area contributed by atoms with Crippen molar-refractivity contribution in [3.05, 3.63) is 0 Å². The lowest BCUT2D eigenvalue weighted by Gasteiger charge is -2.52. The summed E-state index contributed by atoms with van der Waals surface area (Å²) in [5.41, 5.74) is 2.18.